The van der Waals surface area contributed by atoms with E-state index < -0.39 is 0 Å². The molecule has 3 aliphatic rings. The highest BCUT2D eigenvalue weighted by atomic mass is 16.3. The second kappa shape index (κ2) is 13.2. The van der Waals surface area contributed by atoms with Crippen LogP contribution in [0.15, 0.2) is 209 Å². The van der Waals surface area contributed by atoms with Crippen molar-refractivity contribution in [3.05, 3.63) is 239 Å². The van der Waals surface area contributed by atoms with E-state index in [2.05, 4.69) is 152 Å². The first kappa shape index (κ1) is 33.1. The lowest BCUT2D eigenvalue weighted by atomic mass is 9.68. The summed E-state index contributed by atoms with van der Waals surface area (Å²) in [5, 5.41) is 0.881. The predicted octanol–water partition coefficient (Wildman–Crippen LogP) is 13.0. The van der Waals surface area contributed by atoms with Gasteiger partial charge in [0.2, 0.25) is 0 Å². The normalized spacial score (nSPS) is 14.8. The zero-order chi connectivity index (χ0) is 37.9. The van der Waals surface area contributed by atoms with Gasteiger partial charge >= 0.3 is 0 Å². The molecule has 1 spiro atoms. The summed E-state index contributed by atoms with van der Waals surface area (Å²) in [5.41, 5.74) is 26.3. The summed E-state index contributed by atoms with van der Waals surface area (Å²) < 4.78 is 6.48. The number of anilines is 1. The van der Waals surface area contributed by atoms with Crippen LogP contribution in [0.2, 0.25) is 0 Å². The first-order chi connectivity index (χ1) is 28.2. The minimum atomic E-state index is -0.335. The van der Waals surface area contributed by atoms with Crippen molar-refractivity contribution in [3.8, 4) is 33.4 Å². The second-order valence-corrected chi connectivity index (χ2v) is 15.1. The maximum Gasteiger partial charge on any atom is 0.176 e. The standard InChI is InChI=1S/C54H38N2O/c55-51-44-33-39(31-32-49(44)57-53(51)52(38-17-6-2-7-18-38)56-34-35-15-4-1-5-16-35)36-27-29-37(30-28-36)40-22-14-26-48-50(40)43-21-8-3-9-23-47(43)54(48)45-24-12-10-19-41(45)42-20-11-13-25-46(42)54/h1-22,24-33H,23,34,55H2. The number of aliphatic imine (C=N–C) groups is 1. The van der Waals surface area contributed by atoms with Crippen LogP contribution in [0.25, 0.3) is 49.9 Å². The minimum Gasteiger partial charge on any atom is -0.452 e. The number of furan rings is 1. The van der Waals surface area contributed by atoms with E-state index in [1.54, 1.807) is 0 Å². The summed E-state index contributed by atoms with van der Waals surface area (Å²) >= 11 is 0. The number of allylic oxidation sites excluding steroid dienone is 6. The van der Waals surface area contributed by atoms with Crippen molar-refractivity contribution in [3.63, 3.8) is 0 Å². The molecule has 270 valence electrons. The van der Waals surface area contributed by atoms with Crippen molar-refractivity contribution < 1.29 is 4.42 Å². The summed E-state index contributed by atoms with van der Waals surface area (Å²) in [6.45, 7) is 0.525. The van der Waals surface area contributed by atoms with Gasteiger partial charge in [-0.15, -0.1) is 0 Å². The number of hydrogen-bond donors (Lipinski definition) is 1. The van der Waals surface area contributed by atoms with Crippen molar-refractivity contribution in [2.75, 3.05) is 5.73 Å². The quantitative estimate of drug-likeness (QED) is 0.173. The van der Waals surface area contributed by atoms with Gasteiger partial charge in [0.05, 0.1) is 17.6 Å². The number of hydrogen-bond acceptors (Lipinski definition) is 3. The van der Waals surface area contributed by atoms with Gasteiger partial charge < -0.3 is 10.2 Å². The number of nitrogens with two attached hydrogens (primary N) is 1. The zero-order valence-electron chi connectivity index (χ0n) is 31.3. The van der Waals surface area contributed by atoms with Gasteiger partial charge in [0.25, 0.3) is 0 Å². The Morgan fingerprint density at radius 2 is 1.23 bits per heavy atom. The molecule has 0 saturated heterocycles. The maximum atomic E-state index is 6.93. The fourth-order valence-electron chi connectivity index (χ4n) is 9.58. The Hall–Kier alpha value is -7.23. The van der Waals surface area contributed by atoms with Gasteiger partial charge in [0.15, 0.2) is 5.76 Å². The Labute approximate surface area is 332 Å². The molecule has 3 nitrogen and oxygen atoms in total. The molecule has 0 aliphatic heterocycles. The van der Waals surface area contributed by atoms with Crippen LogP contribution in [-0.2, 0) is 12.0 Å². The lowest BCUT2D eigenvalue weighted by Crippen LogP contribution is -2.27. The third kappa shape index (κ3) is 5.09. The van der Waals surface area contributed by atoms with Gasteiger partial charge in [-0.3, -0.25) is 4.99 Å². The molecule has 1 aromatic heterocycles. The average molecular weight is 731 g/mol. The van der Waals surface area contributed by atoms with Crippen LogP contribution in [0.1, 0.15) is 45.6 Å². The lowest BCUT2D eigenvalue weighted by Gasteiger charge is -2.32. The summed E-state index contributed by atoms with van der Waals surface area (Å²) in [7, 11) is 0. The Balaban J connectivity index is 0.991. The highest BCUT2D eigenvalue weighted by Gasteiger charge is 2.52. The van der Waals surface area contributed by atoms with Gasteiger partial charge in [-0.05, 0) is 90.9 Å². The third-order valence-electron chi connectivity index (χ3n) is 12.1. The zero-order valence-corrected chi connectivity index (χ0v) is 31.3. The van der Waals surface area contributed by atoms with Gasteiger partial charge in [0, 0.05) is 10.9 Å². The molecule has 7 aromatic carbocycles. The topological polar surface area (TPSA) is 51.5 Å². The van der Waals surface area contributed by atoms with E-state index in [9.17, 15) is 0 Å². The molecule has 0 amide bonds. The summed E-state index contributed by atoms with van der Waals surface area (Å²) in [6, 6.07) is 60.6. The molecule has 57 heavy (non-hydrogen) atoms. The molecule has 8 aromatic rings. The number of fused-ring (bicyclic) bond motifs is 10. The highest BCUT2D eigenvalue weighted by molar-refractivity contribution is 6.17. The molecule has 3 heteroatoms. The van der Waals surface area contributed by atoms with E-state index in [1.165, 1.54) is 55.7 Å². The summed E-state index contributed by atoms with van der Waals surface area (Å²) in [6.07, 6.45) is 9.95. The molecule has 0 fully saturated rings. The van der Waals surface area contributed by atoms with E-state index in [0.29, 0.717) is 18.0 Å². The van der Waals surface area contributed by atoms with Crippen molar-refractivity contribution in [1.82, 2.24) is 0 Å². The number of nitrogens with zero attached hydrogens (tertiary/aromatic N) is 1. The van der Waals surface area contributed by atoms with Crippen LogP contribution >= 0.6 is 0 Å². The second-order valence-electron chi connectivity index (χ2n) is 15.1. The number of nitrogen functional groups attached to an aromatic ring is 1. The number of benzene rings is 7. The van der Waals surface area contributed by atoms with Crippen LogP contribution < -0.4 is 5.73 Å². The SMILES string of the molecule is Nc1c(C(=NCc2ccccc2)c2ccccc2)oc2ccc(-c3ccc(-c4cccc5c4C4=C(CC=CC=C4)C54c5ccccc5-c5ccccc54)cc3)cc12. The van der Waals surface area contributed by atoms with Gasteiger partial charge in [-0.25, -0.2) is 0 Å². The van der Waals surface area contributed by atoms with Crippen molar-refractivity contribution in [2.45, 2.75) is 18.4 Å². The van der Waals surface area contributed by atoms with Gasteiger partial charge in [-0.1, -0.05) is 182 Å². The van der Waals surface area contributed by atoms with Crippen molar-refractivity contribution >= 4 is 27.9 Å². The monoisotopic (exact) mass is 730 g/mol. The van der Waals surface area contributed by atoms with E-state index in [-0.39, 0.29) is 5.41 Å². The van der Waals surface area contributed by atoms with Crippen LogP contribution in [0.4, 0.5) is 5.69 Å². The van der Waals surface area contributed by atoms with E-state index >= 15 is 0 Å². The molecular weight excluding hydrogens is 693 g/mol. The average Bonchev–Trinajstić information content (AvgIpc) is 3.77. The van der Waals surface area contributed by atoms with Crippen LogP contribution in [0.5, 0.6) is 0 Å². The molecule has 3 aliphatic carbocycles. The minimum absolute atomic E-state index is 0.335. The largest absolute Gasteiger partial charge is 0.452 e. The molecule has 1 heterocycles. The van der Waals surface area contributed by atoms with E-state index in [0.717, 1.165) is 45.4 Å². The fourth-order valence-corrected chi connectivity index (χ4v) is 9.58. The first-order valence-corrected chi connectivity index (χ1v) is 19.7. The molecule has 0 saturated carbocycles. The Kier molecular flexibility index (Phi) is 7.68. The van der Waals surface area contributed by atoms with Gasteiger partial charge in [0.1, 0.15) is 11.3 Å². The van der Waals surface area contributed by atoms with Crippen LogP contribution in [0.3, 0.4) is 0 Å². The molecule has 0 atom stereocenters. The highest BCUT2D eigenvalue weighted by Crippen LogP contribution is 2.64. The smallest absolute Gasteiger partial charge is 0.176 e. The van der Waals surface area contributed by atoms with Crippen LogP contribution in [0, 0.1) is 0 Å². The Morgan fingerprint density at radius 3 is 1.98 bits per heavy atom. The third-order valence-corrected chi connectivity index (χ3v) is 12.1. The molecule has 0 unspecified atom stereocenters. The number of rotatable bonds is 6. The molecule has 11 rings (SSSR count). The maximum absolute atomic E-state index is 6.93. The van der Waals surface area contributed by atoms with Gasteiger partial charge in [-0.2, -0.15) is 0 Å². The first-order valence-electron chi connectivity index (χ1n) is 19.7. The van der Waals surface area contributed by atoms with E-state index in [1.807, 2.05) is 42.5 Å². The Morgan fingerprint density at radius 1 is 0.596 bits per heavy atom. The van der Waals surface area contributed by atoms with Crippen molar-refractivity contribution in [2.24, 2.45) is 4.99 Å². The van der Waals surface area contributed by atoms with E-state index in [4.69, 9.17) is 15.1 Å². The summed E-state index contributed by atoms with van der Waals surface area (Å²) in [4.78, 5) is 5.04. The molecule has 0 radical (unpaired) electrons. The van der Waals surface area contributed by atoms with Crippen LogP contribution in [-0.4, -0.2) is 5.71 Å². The predicted molar refractivity (Wildman–Crippen MR) is 235 cm³/mol. The Bertz CT molecular complexity index is 2950. The fraction of sp³-hybridized carbons (Fsp3) is 0.0556. The molecular formula is C54H38N2O. The molecule has 0 bridgehead atoms. The lowest BCUT2D eigenvalue weighted by molar-refractivity contribution is 0.606. The van der Waals surface area contributed by atoms with Crippen molar-refractivity contribution in [1.29, 1.82) is 0 Å². The summed E-state index contributed by atoms with van der Waals surface area (Å²) in [5.74, 6) is 0.597. The molecule has 2 N–H and O–H groups in total.